The fourth-order valence-corrected chi connectivity index (χ4v) is 3.18. The Labute approximate surface area is 152 Å². The normalized spacial score (nSPS) is 20.0. The van der Waals surface area contributed by atoms with Gasteiger partial charge in [0.25, 0.3) is 0 Å². The van der Waals surface area contributed by atoms with Crippen LogP contribution in [0, 0.1) is 5.82 Å². The van der Waals surface area contributed by atoms with Gasteiger partial charge in [0.2, 0.25) is 11.9 Å². The number of nitrogens with zero attached hydrogens (tertiary/aromatic N) is 3. The number of carbonyl (C=O) groups is 1. The van der Waals surface area contributed by atoms with E-state index in [1.54, 1.807) is 36.7 Å². The van der Waals surface area contributed by atoms with Gasteiger partial charge in [-0.15, -0.1) is 0 Å². The van der Waals surface area contributed by atoms with E-state index in [1.165, 1.54) is 6.07 Å². The second kappa shape index (κ2) is 8.23. The lowest BCUT2D eigenvalue weighted by molar-refractivity contribution is -0.122. The largest absolute Gasteiger partial charge is 0.386 e. The molecule has 1 aliphatic heterocycles. The molecule has 2 aromatic rings. The predicted molar refractivity (Wildman–Crippen MR) is 96.2 cm³/mol. The number of anilines is 1. The third-order valence-electron chi connectivity index (χ3n) is 4.58. The van der Waals surface area contributed by atoms with Crippen molar-refractivity contribution in [2.45, 2.75) is 31.3 Å². The molecule has 2 heterocycles. The van der Waals surface area contributed by atoms with E-state index < -0.39 is 5.60 Å². The zero-order valence-corrected chi connectivity index (χ0v) is 14.6. The monoisotopic (exact) mass is 358 g/mol. The molecule has 1 aromatic heterocycles. The van der Waals surface area contributed by atoms with E-state index in [2.05, 4.69) is 15.3 Å². The van der Waals surface area contributed by atoms with Crippen LogP contribution in [0.1, 0.15) is 24.8 Å². The van der Waals surface area contributed by atoms with Crippen molar-refractivity contribution in [2.24, 2.45) is 0 Å². The van der Waals surface area contributed by atoms with Crippen molar-refractivity contribution in [1.29, 1.82) is 0 Å². The summed E-state index contributed by atoms with van der Waals surface area (Å²) < 4.78 is 13.6. The summed E-state index contributed by atoms with van der Waals surface area (Å²) in [5.41, 5.74) is -0.503. The molecule has 0 radical (unpaired) electrons. The van der Waals surface area contributed by atoms with Crippen LogP contribution in [0.3, 0.4) is 0 Å². The van der Waals surface area contributed by atoms with Crippen molar-refractivity contribution in [3.05, 3.63) is 54.1 Å². The van der Waals surface area contributed by atoms with Gasteiger partial charge in [0.15, 0.2) is 0 Å². The fraction of sp³-hybridized carbons (Fsp3) is 0.421. The molecule has 138 valence electrons. The first-order chi connectivity index (χ1) is 12.6. The number of amides is 1. The zero-order valence-electron chi connectivity index (χ0n) is 14.6. The van der Waals surface area contributed by atoms with Crippen LogP contribution in [0.15, 0.2) is 42.7 Å². The minimum absolute atomic E-state index is 0.159. The van der Waals surface area contributed by atoms with Gasteiger partial charge in [-0.05, 0) is 37.0 Å². The number of halogens is 1. The number of aliphatic hydroxyl groups is 1. The van der Waals surface area contributed by atoms with Crippen molar-refractivity contribution in [2.75, 3.05) is 24.5 Å². The smallest absolute Gasteiger partial charge is 0.225 e. The molecular formula is C19H23FN4O2. The van der Waals surface area contributed by atoms with Gasteiger partial charge >= 0.3 is 0 Å². The first-order valence-electron chi connectivity index (χ1n) is 8.80. The van der Waals surface area contributed by atoms with Crippen LogP contribution in [-0.4, -0.2) is 46.2 Å². The average molecular weight is 358 g/mol. The van der Waals surface area contributed by atoms with E-state index in [-0.39, 0.29) is 24.7 Å². The number of carbonyl (C=O) groups excluding carboxylic acids is 1. The number of benzene rings is 1. The number of rotatable bonds is 6. The zero-order chi connectivity index (χ0) is 18.4. The van der Waals surface area contributed by atoms with Gasteiger partial charge in [0.1, 0.15) is 5.82 Å². The maximum atomic E-state index is 13.6. The Bertz CT molecular complexity index is 743. The van der Waals surface area contributed by atoms with Crippen LogP contribution >= 0.6 is 0 Å². The van der Waals surface area contributed by atoms with Crippen molar-refractivity contribution in [3.63, 3.8) is 0 Å². The topological polar surface area (TPSA) is 78.4 Å². The molecule has 1 atom stereocenters. The van der Waals surface area contributed by atoms with Crippen LogP contribution in [0.4, 0.5) is 10.3 Å². The first-order valence-corrected chi connectivity index (χ1v) is 8.80. The van der Waals surface area contributed by atoms with E-state index in [4.69, 9.17) is 0 Å². The summed E-state index contributed by atoms with van der Waals surface area (Å²) in [6, 6.07) is 8.18. The Morgan fingerprint density at radius 3 is 2.81 bits per heavy atom. The second-order valence-electron chi connectivity index (χ2n) is 6.67. The quantitative estimate of drug-likeness (QED) is 0.822. The van der Waals surface area contributed by atoms with Crippen molar-refractivity contribution < 1.29 is 14.3 Å². The third-order valence-corrected chi connectivity index (χ3v) is 4.58. The van der Waals surface area contributed by atoms with Gasteiger partial charge in [-0.3, -0.25) is 4.79 Å². The molecular weight excluding hydrogens is 335 g/mol. The third kappa shape index (κ3) is 4.76. The van der Waals surface area contributed by atoms with E-state index in [0.717, 1.165) is 13.0 Å². The summed E-state index contributed by atoms with van der Waals surface area (Å²) in [4.78, 5) is 22.4. The van der Waals surface area contributed by atoms with Gasteiger partial charge in [0, 0.05) is 31.9 Å². The fourth-order valence-electron chi connectivity index (χ4n) is 3.18. The number of β-amino-alcohol motifs (C(OH)–C–C–N with tert-alkyl or cyclic N) is 1. The van der Waals surface area contributed by atoms with Gasteiger partial charge in [-0.25, -0.2) is 14.4 Å². The molecule has 1 amide bonds. The molecule has 0 unspecified atom stereocenters. The maximum Gasteiger partial charge on any atom is 0.225 e. The molecule has 2 N–H and O–H groups in total. The number of hydrogen-bond donors (Lipinski definition) is 2. The van der Waals surface area contributed by atoms with Gasteiger partial charge < -0.3 is 15.3 Å². The van der Waals surface area contributed by atoms with Gasteiger partial charge in [0.05, 0.1) is 12.1 Å². The van der Waals surface area contributed by atoms with Crippen LogP contribution < -0.4 is 10.2 Å². The number of hydrogen-bond acceptors (Lipinski definition) is 5. The Morgan fingerprint density at radius 2 is 2.04 bits per heavy atom. The lowest BCUT2D eigenvalue weighted by Gasteiger charge is -2.39. The molecule has 7 heteroatoms. The molecule has 6 nitrogen and oxygen atoms in total. The molecule has 3 rings (SSSR count). The highest BCUT2D eigenvalue weighted by Gasteiger charge is 2.34. The first kappa shape index (κ1) is 18.3. The van der Waals surface area contributed by atoms with E-state index in [1.807, 2.05) is 4.90 Å². The molecule has 1 aliphatic rings. The summed E-state index contributed by atoms with van der Waals surface area (Å²) in [5, 5.41) is 13.6. The van der Waals surface area contributed by atoms with Crippen LogP contribution in [0.5, 0.6) is 0 Å². The summed E-state index contributed by atoms with van der Waals surface area (Å²) in [5.74, 6) is 0.0796. The molecule has 0 spiro atoms. The molecule has 1 fully saturated rings. The highest BCUT2D eigenvalue weighted by atomic mass is 19.1. The summed E-state index contributed by atoms with van der Waals surface area (Å²) in [6.45, 7) is 1.30. The Balaban J connectivity index is 1.50. The minimum atomic E-state index is -1.02. The predicted octanol–water partition coefficient (Wildman–Crippen LogP) is 1.70. The summed E-state index contributed by atoms with van der Waals surface area (Å²) >= 11 is 0. The highest BCUT2D eigenvalue weighted by molar-refractivity contribution is 5.76. The van der Waals surface area contributed by atoms with Gasteiger partial charge in [-0.1, -0.05) is 18.2 Å². The molecule has 0 saturated carbocycles. The number of piperidine rings is 1. The maximum absolute atomic E-state index is 13.6. The Hall–Kier alpha value is -2.54. The van der Waals surface area contributed by atoms with Crippen molar-refractivity contribution >= 4 is 11.9 Å². The lowest BCUT2D eigenvalue weighted by Crippen LogP contribution is -2.54. The summed E-state index contributed by atoms with van der Waals surface area (Å²) in [6.07, 6.45) is 5.24. The Morgan fingerprint density at radius 1 is 1.27 bits per heavy atom. The minimum Gasteiger partial charge on any atom is -0.386 e. The van der Waals surface area contributed by atoms with Crippen molar-refractivity contribution in [1.82, 2.24) is 15.3 Å². The highest BCUT2D eigenvalue weighted by Crippen LogP contribution is 2.23. The van der Waals surface area contributed by atoms with E-state index in [0.29, 0.717) is 30.9 Å². The average Bonchev–Trinajstić information content (AvgIpc) is 2.67. The molecule has 26 heavy (non-hydrogen) atoms. The standard InChI is InChI=1S/C19H23FN4O2/c20-16-6-2-1-5-15(16)7-8-17(25)23-13-19(26)9-3-12-24(14-19)18-21-10-4-11-22-18/h1-2,4-6,10-11,26H,3,7-9,12-14H2,(H,23,25)/t19-/m1/s1. The Kier molecular flexibility index (Phi) is 5.78. The number of aromatic nitrogens is 2. The van der Waals surface area contributed by atoms with Gasteiger partial charge in [-0.2, -0.15) is 0 Å². The number of aryl methyl sites for hydroxylation is 1. The molecule has 0 bridgehead atoms. The van der Waals surface area contributed by atoms with Crippen molar-refractivity contribution in [3.8, 4) is 0 Å². The molecule has 0 aliphatic carbocycles. The van der Waals surface area contributed by atoms with E-state index >= 15 is 0 Å². The SMILES string of the molecule is O=C(CCc1ccccc1F)NC[C@]1(O)CCCN(c2ncccn2)C1. The second-order valence-corrected chi connectivity index (χ2v) is 6.67. The summed E-state index contributed by atoms with van der Waals surface area (Å²) in [7, 11) is 0. The lowest BCUT2D eigenvalue weighted by atomic mass is 9.93. The number of nitrogens with one attached hydrogen (secondary N) is 1. The van der Waals surface area contributed by atoms with E-state index in [9.17, 15) is 14.3 Å². The van der Waals surface area contributed by atoms with Crippen LogP contribution in [0.25, 0.3) is 0 Å². The van der Waals surface area contributed by atoms with Crippen LogP contribution in [0.2, 0.25) is 0 Å². The molecule has 1 aromatic carbocycles. The molecule has 1 saturated heterocycles. The van der Waals surface area contributed by atoms with Crippen LogP contribution in [-0.2, 0) is 11.2 Å².